The molecule has 7 nitrogen and oxygen atoms in total. The second-order valence-corrected chi connectivity index (χ2v) is 12.8. The van der Waals surface area contributed by atoms with Crippen LogP contribution in [0.4, 0.5) is 5.69 Å². The zero-order valence-electron chi connectivity index (χ0n) is 24.6. The van der Waals surface area contributed by atoms with E-state index < -0.39 is 28.5 Å². The number of nitrogens with one attached hydrogen (secondary N) is 1. The number of aryl methyl sites for hydroxylation is 4. The molecule has 0 aliphatic rings. The Kier molecular flexibility index (Phi) is 10.1. The third-order valence-corrected chi connectivity index (χ3v) is 8.78. The van der Waals surface area contributed by atoms with Crippen LogP contribution < -0.4 is 9.62 Å². The smallest absolute Gasteiger partial charge is 0.264 e. The van der Waals surface area contributed by atoms with Crippen LogP contribution in [0.3, 0.4) is 0 Å². The van der Waals surface area contributed by atoms with E-state index in [1.165, 1.54) is 4.90 Å². The number of anilines is 1. The number of hydrogen-bond acceptors (Lipinski definition) is 4. The third kappa shape index (κ3) is 7.72. The lowest BCUT2D eigenvalue weighted by Gasteiger charge is -2.32. The van der Waals surface area contributed by atoms with Crippen molar-refractivity contribution in [2.45, 2.75) is 65.9 Å². The van der Waals surface area contributed by atoms with Crippen LogP contribution in [0.15, 0.2) is 71.6 Å². The van der Waals surface area contributed by atoms with E-state index in [9.17, 15) is 18.0 Å². The molecule has 40 heavy (non-hydrogen) atoms. The van der Waals surface area contributed by atoms with Crippen LogP contribution in [0.1, 0.15) is 48.6 Å². The van der Waals surface area contributed by atoms with Crippen molar-refractivity contribution in [3.8, 4) is 0 Å². The molecule has 0 saturated carbocycles. The Labute approximate surface area is 239 Å². The molecule has 0 unspecified atom stereocenters. The van der Waals surface area contributed by atoms with E-state index in [4.69, 9.17) is 0 Å². The number of carbonyl (C=O) groups is 2. The molecule has 1 atom stereocenters. The molecule has 0 saturated heterocycles. The summed E-state index contributed by atoms with van der Waals surface area (Å²) in [5, 5.41) is 2.91. The van der Waals surface area contributed by atoms with Crippen LogP contribution in [-0.4, -0.2) is 44.3 Å². The molecular formula is C32H41N3O4S. The zero-order chi connectivity index (χ0) is 29.6. The highest BCUT2D eigenvalue weighted by molar-refractivity contribution is 7.92. The largest absolute Gasteiger partial charge is 0.354 e. The zero-order valence-corrected chi connectivity index (χ0v) is 25.4. The first kappa shape index (κ1) is 30.9. The van der Waals surface area contributed by atoms with E-state index in [1.807, 2.05) is 71.9 Å². The summed E-state index contributed by atoms with van der Waals surface area (Å²) in [6.07, 6.45) is 0. The predicted octanol–water partition coefficient (Wildman–Crippen LogP) is 5.31. The molecule has 0 bridgehead atoms. The summed E-state index contributed by atoms with van der Waals surface area (Å²) >= 11 is 0. The molecule has 214 valence electrons. The fraction of sp³-hybridized carbons (Fsp3) is 0.375. The number of carbonyl (C=O) groups excluding carboxylic acids is 2. The van der Waals surface area contributed by atoms with E-state index in [1.54, 1.807) is 43.3 Å². The van der Waals surface area contributed by atoms with E-state index in [2.05, 4.69) is 5.32 Å². The second kappa shape index (κ2) is 13.1. The van der Waals surface area contributed by atoms with E-state index in [0.29, 0.717) is 12.2 Å². The average Bonchev–Trinajstić information content (AvgIpc) is 2.91. The molecule has 1 N–H and O–H groups in total. The number of hydrogen-bond donors (Lipinski definition) is 1. The lowest BCUT2D eigenvalue weighted by molar-refractivity contribution is -0.139. The van der Waals surface area contributed by atoms with Crippen molar-refractivity contribution in [2.75, 3.05) is 17.4 Å². The molecule has 0 radical (unpaired) electrons. The Hall–Kier alpha value is -3.65. The second-order valence-electron chi connectivity index (χ2n) is 10.9. The highest BCUT2D eigenvalue weighted by Crippen LogP contribution is 2.27. The van der Waals surface area contributed by atoms with Gasteiger partial charge < -0.3 is 10.2 Å². The van der Waals surface area contributed by atoms with Gasteiger partial charge in [0.15, 0.2) is 0 Å². The number of amides is 2. The van der Waals surface area contributed by atoms with Gasteiger partial charge in [-0.2, -0.15) is 0 Å². The van der Waals surface area contributed by atoms with Crippen molar-refractivity contribution in [3.05, 3.63) is 94.5 Å². The standard InChI is InChI=1S/C32H41N3O4S/c1-22(2)19-33-32(37)27(7)34(20-28-13-8-23(3)9-14-28)31(36)21-35(29-15-12-25(5)26(6)18-29)40(38,39)30-16-10-24(4)11-17-30/h8-18,22,27H,19-21H2,1-7H3,(H,33,37)/t27-/m0/s1. The van der Waals surface area contributed by atoms with Crippen LogP contribution in [-0.2, 0) is 26.2 Å². The highest BCUT2D eigenvalue weighted by Gasteiger charge is 2.32. The number of rotatable bonds is 11. The molecule has 8 heteroatoms. The third-order valence-electron chi connectivity index (χ3n) is 6.99. The van der Waals surface area contributed by atoms with Gasteiger partial charge in [-0.3, -0.25) is 13.9 Å². The lowest BCUT2D eigenvalue weighted by atomic mass is 10.1. The Morgan fingerprint density at radius 1 is 0.800 bits per heavy atom. The molecule has 3 aromatic carbocycles. The van der Waals surface area contributed by atoms with Gasteiger partial charge in [0, 0.05) is 13.1 Å². The first-order valence-corrected chi connectivity index (χ1v) is 15.0. The minimum absolute atomic E-state index is 0.0944. The quantitative estimate of drug-likeness (QED) is 0.343. The lowest BCUT2D eigenvalue weighted by Crippen LogP contribution is -2.51. The first-order valence-electron chi connectivity index (χ1n) is 13.6. The summed E-state index contributed by atoms with van der Waals surface area (Å²) in [6, 6.07) is 18.8. The Morgan fingerprint density at radius 2 is 1.38 bits per heavy atom. The molecule has 0 aliphatic carbocycles. The van der Waals surface area contributed by atoms with Crippen molar-refractivity contribution >= 4 is 27.5 Å². The maximum atomic E-state index is 14.0. The summed E-state index contributed by atoms with van der Waals surface area (Å²) in [6.45, 7) is 13.6. The molecule has 0 aliphatic heterocycles. The molecule has 2 amide bonds. The summed E-state index contributed by atoms with van der Waals surface area (Å²) < 4.78 is 29.0. The topological polar surface area (TPSA) is 86.8 Å². The monoisotopic (exact) mass is 563 g/mol. The van der Waals surface area contributed by atoms with Gasteiger partial charge in [-0.05, 0) is 81.5 Å². The van der Waals surface area contributed by atoms with Gasteiger partial charge in [0.1, 0.15) is 12.6 Å². The molecule has 0 fully saturated rings. The minimum Gasteiger partial charge on any atom is -0.354 e. The summed E-state index contributed by atoms with van der Waals surface area (Å²) in [7, 11) is -4.09. The SMILES string of the molecule is Cc1ccc(CN(C(=O)CN(c2ccc(C)c(C)c2)S(=O)(=O)c2ccc(C)cc2)[C@@H](C)C(=O)NCC(C)C)cc1. The van der Waals surface area contributed by atoms with E-state index in [-0.39, 0.29) is 23.3 Å². The number of benzene rings is 3. The number of sulfonamides is 1. The average molecular weight is 564 g/mol. The summed E-state index contributed by atoms with van der Waals surface area (Å²) in [5.41, 5.74) is 5.17. The Morgan fingerprint density at radius 3 is 1.93 bits per heavy atom. The van der Waals surface area contributed by atoms with Crippen LogP contribution in [0.5, 0.6) is 0 Å². The highest BCUT2D eigenvalue weighted by atomic mass is 32.2. The molecular weight excluding hydrogens is 522 g/mol. The van der Waals surface area contributed by atoms with Crippen LogP contribution in [0.2, 0.25) is 0 Å². The van der Waals surface area contributed by atoms with Gasteiger partial charge in [0.2, 0.25) is 11.8 Å². The first-order chi connectivity index (χ1) is 18.8. The molecule has 0 spiro atoms. The van der Waals surface area contributed by atoms with Crippen molar-refractivity contribution in [3.63, 3.8) is 0 Å². The van der Waals surface area contributed by atoms with Crippen LogP contribution in [0, 0.1) is 33.6 Å². The van der Waals surface area contributed by atoms with Gasteiger partial charge in [-0.15, -0.1) is 0 Å². The molecule has 3 aromatic rings. The molecule has 3 rings (SSSR count). The number of nitrogens with zero attached hydrogens (tertiary/aromatic N) is 2. The van der Waals surface area contributed by atoms with Crippen molar-refractivity contribution in [1.82, 2.24) is 10.2 Å². The van der Waals surface area contributed by atoms with Crippen molar-refractivity contribution in [1.29, 1.82) is 0 Å². The maximum Gasteiger partial charge on any atom is 0.264 e. The van der Waals surface area contributed by atoms with Gasteiger partial charge in [0.25, 0.3) is 10.0 Å². The van der Waals surface area contributed by atoms with E-state index >= 15 is 0 Å². The molecule has 0 heterocycles. The fourth-order valence-electron chi connectivity index (χ4n) is 4.17. The summed E-state index contributed by atoms with van der Waals surface area (Å²) in [4.78, 5) is 28.6. The van der Waals surface area contributed by atoms with E-state index in [0.717, 1.165) is 32.1 Å². The normalized spacial score (nSPS) is 12.2. The van der Waals surface area contributed by atoms with Gasteiger partial charge in [-0.1, -0.05) is 67.4 Å². The van der Waals surface area contributed by atoms with Crippen molar-refractivity contribution in [2.24, 2.45) is 5.92 Å². The van der Waals surface area contributed by atoms with Gasteiger partial charge in [0.05, 0.1) is 10.6 Å². The maximum absolute atomic E-state index is 14.0. The van der Waals surface area contributed by atoms with Crippen LogP contribution >= 0.6 is 0 Å². The minimum atomic E-state index is -4.09. The van der Waals surface area contributed by atoms with Crippen LogP contribution in [0.25, 0.3) is 0 Å². The van der Waals surface area contributed by atoms with Crippen molar-refractivity contribution < 1.29 is 18.0 Å². The Bertz CT molecular complexity index is 1430. The molecule has 0 aromatic heterocycles. The summed E-state index contributed by atoms with van der Waals surface area (Å²) in [5.74, 6) is -0.507. The van der Waals surface area contributed by atoms with Gasteiger partial charge >= 0.3 is 0 Å². The fourth-order valence-corrected chi connectivity index (χ4v) is 5.58. The van der Waals surface area contributed by atoms with Gasteiger partial charge in [-0.25, -0.2) is 8.42 Å². The predicted molar refractivity (Wildman–Crippen MR) is 161 cm³/mol. The Balaban J connectivity index is 2.03.